The van der Waals surface area contributed by atoms with Crippen LogP contribution in [0.1, 0.15) is 41.5 Å². The van der Waals surface area contributed by atoms with Gasteiger partial charge in [0.05, 0.1) is 20.2 Å². The summed E-state index contributed by atoms with van der Waals surface area (Å²) in [5, 5.41) is 0. The minimum atomic E-state index is -0.309. The SMILES string of the molecule is COC(=O)CN(CC(=O)N(CC(C)C)CC(C)C)C(C)C. The van der Waals surface area contributed by atoms with Gasteiger partial charge in [-0.05, 0) is 25.7 Å². The van der Waals surface area contributed by atoms with Gasteiger partial charge in [0, 0.05) is 19.1 Å². The van der Waals surface area contributed by atoms with E-state index in [4.69, 9.17) is 4.74 Å². The lowest BCUT2D eigenvalue weighted by Crippen LogP contribution is -2.47. The number of hydrogen-bond acceptors (Lipinski definition) is 4. The fraction of sp³-hybridized carbons (Fsp3) is 0.875. The van der Waals surface area contributed by atoms with E-state index in [0.717, 1.165) is 13.1 Å². The molecule has 1 amide bonds. The Morgan fingerprint density at radius 3 is 1.71 bits per heavy atom. The monoisotopic (exact) mass is 300 g/mol. The first-order valence-electron chi connectivity index (χ1n) is 7.76. The third-order valence-corrected chi connectivity index (χ3v) is 3.15. The summed E-state index contributed by atoms with van der Waals surface area (Å²) >= 11 is 0. The molecule has 21 heavy (non-hydrogen) atoms. The number of methoxy groups -OCH3 is 1. The number of carbonyl (C=O) groups is 2. The highest BCUT2D eigenvalue weighted by atomic mass is 16.5. The topological polar surface area (TPSA) is 49.9 Å². The van der Waals surface area contributed by atoms with Crippen LogP contribution in [0.5, 0.6) is 0 Å². The fourth-order valence-electron chi connectivity index (χ4n) is 2.08. The normalized spacial score (nSPS) is 11.6. The minimum Gasteiger partial charge on any atom is -0.468 e. The zero-order valence-corrected chi connectivity index (χ0v) is 14.7. The predicted molar refractivity (Wildman–Crippen MR) is 85.0 cm³/mol. The van der Waals surface area contributed by atoms with Crippen LogP contribution in [0.3, 0.4) is 0 Å². The third kappa shape index (κ3) is 8.71. The third-order valence-electron chi connectivity index (χ3n) is 3.15. The summed E-state index contributed by atoms with van der Waals surface area (Å²) in [5.41, 5.74) is 0. The zero-order valence-electron chi connectivity index (χ0n) is 14.7. The molecule has 0 N–H and O–H groups in total. The van der Waals surface area contributed by atoms with E-state index >= 15 is 0 Å². The molecule has 0 bridgehead atoms. The quantitative estimate of drug-likeness (QED) is 0.611. The van der Waals surface area contributed by atoms with Gasteiger partial charge in [-0.2, -0.15) is 0 Å². The average molecular weight is 300 g/mol. The Kier molecular flexibility index (Phi) is 9.26. The van der Waals surface area contributed by atoms with E-state index in [-0.39, 0.29) is 31.0 Å². The van der Waals surface area contributed by atoms with Crippen LogP contribution in [-0.4, -0.2) is 61.0 Å². The lowest BCUT2D eigenvalue weighted by Gasteiger charge is -2.31. The van der Waals surface area contributed by atoms with Crippen LogP contribution in [0.15, 0.2) is 0 Å². The molecule has 0 aromatic carbocycles. The van der Waals surface area contributed by atoms with Crippen molar-refractivity contribution in [2.45, 2.75) is 47.6 Å². The second-order valence-corrected chi connectivity index (χ2v) is 6.66. The maximum absolute atomic E-state index is 12.5. The highest BCUT2D eigenvalue weighted by molar-refractivity contribution is 5.79. The van der Waals surface area contributed by atoms with E-state index in [1.807, 2.05) is 23.6 Å². The van der Waals surface area contributed by atoms with Gasteiger partial charge in [-0.25, -0.2) is 0 Å². The summed E-state index contributed by atoms with van der Waals surface area (Å²) in [6.45, 7) is 14.3. The standard InChI is InChI=1S/C16H32N2O3/c1-12(2)8-18(9-13(3)4)15(19)10-17(14(5)6)11-16(20)21-7/h12-14H,8-11H2,1-7H3. The van der Waals surface area contributed by atoms with Gasteiger partial charge >= 0.3 is 5.97 Å². The summed E-state index contributed by atoms with van der Waals surface area (Å²) in [7, 11) is 1.37. The second kappa shape index (κ2) is 9.77. The van der Waals surface area contributed by atoms with Gasteiger partial charge in [0.2, 0.25) is 5.91 Å². The van der Waals surface area contributed by atoms with Crippen LogP contribution in [0, 0.1) is 11.8 Å². The molecule has 0 heterocycles. The summed E-state index contributed by atoms with van der Waals surface area (Å²) < 4.78 is 4.70. The lowest BCUT2D eigenvalue weighted by atomic mass is 10.1. The summed E-state index contributed by atoms with van der Waals surface area (Å²) in [6.07, 6.45) is 0. The van der Waals surface area contributed by atoms with Gasteiger partial charge in [0.15, 0.2) is 0 Å². The Labute approximate surface area is 129 Å². The van der Waals surface area contributed by atoms with Gasteiger partial charge in [-0.1, -0.05) is 27.7 Å². The van der Waals surface area contributed by atoms with Crippen LogP contribution in [0.2, 0.25) is 0 Å². The van der Waals surface area contributed by atoms with Crippen molar-refractivity contribution in [2.24, 2.45) is 11.8 Å². The van der Waals surface area contributed by atoms with Crippen molar-refractivity contribution in [3.8, 4) is 0 Å². The highest BCUT2D eigenvalue weighted by Crippen LogP contribution is 2.07. The van der Waals surface area contributed by atoms with Gasteiger partial charge in [-0.3, -0.25) is 14.5 Å². The Morgan fingerprint density at radius 1 is 0.905 bits per heavy atom. The molecule has 0 radical (unpaired) electrons. The van der Waals surface area contributed by atoms with Crippen LogP contribution < -0.4 is 0 Å². The maximum atomic E-state index is 12.5. The first-order valence-corrected chi connectivity index (χ1v) is 7.76. The van der Waals surface area contributed by atoms with E-state index < -0.39 is 0 Å². The smallest absolute Gasteiger partial charge is 0.319 e. The molecule has 0 atom stereocenters. The molecule has 0 aromatic rings. The molecule has 0 spiro atoms. The molecule has 0 unspecified atom stereocenters. The zero-order chi connectivity index (χ0) is 16.6. The average Bonchev–Trinajstić information content (AvgIpc) is 2.35. The maximum Gasteiger partial charge on any atom is 0.319 e. The second-order valence-electron chi connectivity index (χ2n) is 6.66. The summed E-state index contributed by atoms with van der Waals surface area (Å²) in [5.74, 6) is 0.632. The number of amides is 1. The van der Waals surface area contributed by atoms with Crippen molar-refractivity contribution in [3.63, 3.8) is 0 Å². The molecule has 0 aromatic heterocycles. The minimum absolute atomic E-state index is 0.0787. The molecule has 0 rings (SSSR count). The molecular weight excluding hydrogens is 268 g/mol. The van der Waals surface area contributed by atoms with E-state index in [1.54, 1.807) is 0 Å². The van der Waals surface area contributed by atoms with E-state index in [9.17, 15) is 9.59 Å². The number of rotatable bonds is 9. The van der Waals surface area contributed by atoms with Gasteiger partial charge in [0.1, 0.15) is 0 Å². The Morgan fingerprint density at radius 2 is 1.38 bits per heavy atom. The summed E-state index contributed by atoms with van der Waals surface area (Å²) in [6, 6.07) is 0.119. The molecule has 0 aliphatic heterocycles. The van der Waals surface area contributed by atoms with Crippen LogP contribution in [0.4, 0.5) is 0 Å². The summed E-state index contributed by atoms with van der Waals surface area (Å²) in [4.78, 5) is 27.7. The van der Waals surface area contributed by atoms with Gasteiger partial charge in [-0.15, -0.1) is 0 Å². The van der Waals surface area contributed by atoms with E-state index in [0.29, 0.717) is 11.8 Å². The first kappa shape index (κ1) is 19.9. The van der Waals surface area contributed by atoms with Gasteiger partial charge in [0.25, 0.3) is 0 Å². The molecule has 5 nitrogen and oxygen atoms in total. The largest absolute Gasteiger partial charge is 0.468 e. The first-order chi connectivity index (χ1) is 9.67. The van der Waals surface area contributed by atoms with Gasteiger partial charge < -0.3 is 9.64 Å². The van der Waals surface area contributed by atoms with Crippen molar-refractivity contribution < 1.29 is 14.3 Å². The predicted octanol–water partition coefficient (Wildman–Crippen LogP) is 2.01. The molecule has 0 saturated heterocycles. The van der Waals surface area contributed by atoms with Crippen molar-refractivity contribution in [1.29, 1.82) is 0 Å². The van der Waals surface area contributed by atoms with Crippen LogP contribution >= 0.6 is 0 Å². The fourth-order valence-corrected chi connectivity index (χ4v) is 2.08. The Balaban J connectivity index is 4.77. The molecule has 0 aliphatic carbocycles. The van der Waals surface area contributed by atoms with Crippen molar-refractivity contribution in [3.05, 3.63) is 0 Å². The molecule has 0 saturated carbocycles. The van der Waals surface area contributed by atoms with Crippen LogP contribution in [0.25, 0.3) is 0 Å². The number of ether oxygens (including phenoxy) is 1. The molecule has 124 valence electrons. The van der Waals surface area contributed by atoms with E-state index in [2.05, 4.69) is 27.7 Å². The molecule has 0 fully saturated rings. The van der Waals surface area contributed by atoms with E-state index in [1.165, 1.54) is 7.11 Å². The Bertz CT molecular complexity index is 317. The number of hydrogen-bond donors (Lipinski definition) is 0. The number of carbonyl (C=O) groups excluding carboxylic acids is 2. The molecule has 0 aliphatic rings. The molecule has 5 heteroatoms. The Hall–Kier alpha value is -1.10. The van der Waals surface area contributed by atoms with Crippen molar-refractivity contribution in [2.75, 3.05) is 33.3 Å². The van der Waals surface area contributed by atoms with Crippen LogP contribution in [-0.2, 0) is 14.3 Å². The number of esters is 1. The highest BCUT2D eigenvalue weighted by Gasteiger charge is 2.22. The van der Waals surface area contributed by atoms with Crippen molar-refractivity contribution in [1.82, 2.24) is 9.80 Å². The molecular formula is C16H32N2O3. The lowest BCUT2D eigenvalue weighted by molar-refractivity contribution is -0.143. The van der Waals surface area contributed by atoms with Crippen molar-refractivity contribution >= 4 is 11.9 Å². The number of nitrogens with zero attached hydrogens (tertiary/aromatic N) is 2.